The molecule has 0 aliphatic heterocycles. The highest BCUT2D eigenvalue weighted by Gasteiger charge is 2.06. The van der Waals surface area contributed by atoms with E-state index < -0.39 is 0 Å². The van der Waals surface area contributed by atoms with E-state index in [-0.39, 0.29) is 5.82 Å². The smallest absolute Gasteiger partial charge is 0.238 e. The van der Waals surface area contributed by atoms with Crippen molar-refractivity contribution in [1.29, 1.82) is 0 Å². The summed E-state index contributed by atoms with van der Waals surface area (Å²) in [6, 6.07) is 4.23. The van der Waals surface area contributed by atoms with E-state index in [0.29, 0.717) is 16.1 Å². The van der Waals surface area contributed by atoms with Crippen molar-refractivity contribution in [1.82, 2.24) is 9.97 Å². The molecule has 1 aromatic heterocycles. The van der Waals surface area contributed by atoms with Gasteiger partial charge in [-0.1, -0.05) is 0 Å². The van der Waals surface area contributed by atoms with Crippen molar-refractivity contribution in [3.05, 3.63) is 46.1 Å². The van der Waals surface area contributed by atoms with Crippen molar-refractivity contribution in [2.75, 3.05) is 0 Å². The fraction of sp³-hybridized carbons (Fsp3) is 0.167. The van der Waals surface area contributed by atoms with Gasteiger partial charge in [-0.2, -0.15) is 0 Å². The number of aryl methyl sites for hydroxylation is 2. The molecule has 0 N–H and O–H groups in total. The van der Waals surface area contributed by atoms with Crippen LogP contribution in [0.15, 0.2) is 28.9 Å². The van der Waals surface area contributed by atoms with Gasteiger partial charge < -0.3 is 4.74 Å². The van der Waals surface area contributed by atoms with Crippen LogP contribution in [0, 0.1) is 19.7 Å². The standard InChI is InChI=1S/C12H10BrFN2O/c1-7-8(2)16-12(6-15-7)17-11-5-9(14)3-4-10(11)13/h3-6H,1-2H3. The second-order valence-corrected chi connectivity index (χ2v) is 4.41. The number of hydrogen-bond donors (Lipinski definition) is 0. The van der Waals surface area contributed by atoms with E-state index in [0.717, 1.165) is 11.4 Å². The number of ether oxygens (including phenoxy) is 1. The second-order valence-electron chi connectivity index (χ2n) is 3.56. The maximum Gasteiger partial charge on any atom is 0.238 e. The van der Waals surface area contributed by atoms with Gasteiger partial charge in [-0.3, -0.25) is 4.98 Å². The van der Waals surface area contributed by atoms with Crippen LogP contribution >= 0.6 is 15.9 Å². The highest BCUT2D eigenvalue weighted by Crippen LogP contribution is 2.29. The summed E-state index contributed by atoms with van der Waals surface area (Å²) in [6.45, 7) is 3.71. The van der Waals surface area contributed by atoms with E-state index in [4.69, 9.17) is 4.74 Å². The molecule has 2 rings (SSSR count). The molecule has 0 fully saturated rings. The van der Waals surface area contributed by atoms with Gasteiger partial charge in [0.05, 0.1) is 22.1 Å². The van der Waals surface area contributed by atoms with Crippen LogP contribution in [0.1, 0.15) is 11.4 Å². The molecule has 0 atom stereocenters. The Kier molecular flexibility index (Phi) is 3.38. The Balaban J connectivity index is 2.31. The first-order chi connectivity index (χ1) is 8.06. The molecule has 0 bridgehead atoms. The van der Waals surface area contributed by atoms with Crippen molar-refractivity contribution < 1.29 is 9.13 Å². The van der Waals surface area contributed by atoms with Gasteiger partial charge in [0.2, 0.25) is 5.88 Å². The molecule has 0 radical (unpaired) electrons. The molecule has 0 saturated heterocycles. The van der Waals surface area contributed by atoms with E-state index in [9.17, 15) is 4.39 Å². The Labute approximate surface area is 107 Å². The molecule has 2 aromatic rings. The summed E-state index contributed by atoms with van der Waals surface area (Å²) in [5.74, 6) is 0.363. The zero-order chi connectivity index (χ0) is 12.4. The first-order valence-electron chi connectivity index (χ1n) is 4.99. The van der Waals surface area contributed by atoms with Gasteiger partial charge in [0.25, 0.3) is 0 Å². The summed E-state index contributed by atoms with van der Waals surface area (Å²) in [6.07, 6.45) is 1.51. The van der Waals surface area contributed by atoms with Crippen LogP contribution in [0.3, 0.4) is 0 Å². The summed E-state index contributed by atoms with van der Waals surface area (Å²) in [7, 11) is 0. The van der Waals surface area contributed by atoms with Crippen LogP contribution in [0.2, 0.25) is 0 Å². The molecular formula is C12H10BrFN2O. The quantitative estimate of drug-likeness (QED) is 0.846. The van der Waals surface area contributed by atoms with E-state index >= 15 is 0 Å². The predicted octanol–water partition coefficient (Wildman–Crippen LogP) is 3.79. The lowest BCUT2D eigenvalue weighted by molar-refractivity contribution is 0.450. The topological polar surface area (TPSA) is 35.0 Å². The van der Waals surface area contributed by atoms with Crippen LogP contribution in [0.5, 0.6) is 11.6 Å². The molecule has 5 heteroatoms. The van der Waals surface area contributed by atoms with Gasteiger partial charge in [-0.05, 0) is 41.9 Å². The monoisotopic (exact) mass is 296 g/mol. The number of rotatable bonds is 2. The minimum atomic E-state index is -0.361. The van der Waals surface area contributed by atoms with E-state index in [1.165, 1.54) is 18.3 Å². The van der Waals surface area contributed by atoms with Crippen LogP contribution in [0.25, 0.3) is 0 Å². The fourth-order valence-electron chi connectivity index (χ4n) is 1.24. The number of nitrogens with zero attached hydrogens (tertiary/aromatic N) is 2. The van der Waals surface area contributed by atoms with Gasteiger partial charge in [0.15, 0.2) is 0 Å². The highest BCUT2D eigenvalue weighted by atomic mass is 79.9. The summed E-state index contributed by atoms with van der Waals surface area (Å²) < 4.78 is 19.2. The summed E-state index contributed by atoms with van der Waals surface area (Å²) in [4.78, 5) is 8.34. The molecule has 0 spiro atoms. The zero-order valence-corrected chi connectivity index (χ0v) is 11.0. The van der Waals surface area contributed by atoms with E-state index in [1.807, 2.05) is 13.8 Å². The fourth-order valence-corrected chi connectivity index (χ4v) is 1.57. The Morgan fingerprint density at radius 3 is 2.71 bits per heavy atom. The van der Waals surface area contributed by atoms with Gasteiger partial charge in [0, 0.05) is 6.07 Å². The molecule has 88 valence electrons. The Morgan fingerprint density at radius 2 is 2.00 bits per heavy atom. The number of halogens is 2. The van der Waals surface area contributed by atoms with Crippen molar-refractivity contribution >= 4 is 15.9 Å². The summed E-state index contributed by atoms with van der Waals surface area (Å²) in [5, 5.41) is 0. The second kappa shape index (κ2) is 4.79. The number of hydrogen-bond acceptors (Lipinski definition) is 3. The average molecular weight is 297 g/mol. The van der Waals surface area contributed by atoms with E-state index in [2.05, 4.69) is 25.9 Å². The predicted molar refractivity (Wildman–Crippen MR) is 65.7 cm³/mol. The summed E-state index contributed by atoms with van der Waals surface area (Å²) in [5.41, 5.74) is 1.63. The van der Waals surface area contributed by atoms with Crippen LogP contribution < -0.4 is 4.74 Å². The van der Waals surface area contributed by atoms with Crippen molar-refractivity contribution in [3.8, 4) is 11.6 Å². The van der Waals surface area contributed by atoms with Crippen LogP contribution in [-0.2, 0) is 0 Å². The largest absolute Gasteiger partial charge is 0.436 e. The molecule has 0 saturated carbocycles. The van der Waals surface area contributed by atoms with Gasteiger partial charge in [0.1, 0.15) is 11.6 Å². The third kappa shape index (κ3) is 2.79. The Bertz CT molecular complexity index is 560. The molecule has 3 nitrogen and oxygen atoms in total. The number of benzene rings is 1. The third-order valence-electron chi connectivity index (χ3n) is 2.28. The summed E-state index contributed by atoms with van der Waals surface area (Å²) >= 11 is 3.28. The van der Waals surface area contributed by atoms with Crippen molar-refractivity contribution in [2.45, 2.75) is 13.8 Å². The molecular weight excluding hydrogens is 287 g/mol. The first-order valence-corrected chi connectivity index (χ1v) is 5.78. The normalized spacial score (nSPS) is 10.4. The number of aromatic nitrogens is 2. The van der Waals surface area contributed by atoms with Gasteiger partial charge >= 0.3 is 0 Å². The lowest BCUT2D eigenvalue weighted by Crippen LogP contribution is -1.95. The SMILES string of the molecule is Cc1ncc(Oc2cc(F)ccc2Br)nc1C. The Hall–Kier alpha value is -1.49. The van der Waals surface area contributed by atoms with Gasteiger partial charge in [-0.15, -0.1) is 0 Å². The molecule has 0 unspecified atom stereocenters. The lowest BCUT2D eigenvalue weighted by Gasteiger charge is -2.07. The van der Waals surface area contributed by atoms with Crippen LogP contribution in [-0.4, -0.2) is 9.97 Å². The van der Waals surface area contributed by atoms with Gasteiger partial charge in [-0.25, -0.2) is 9.37 Å². The molecule has 0 amide bonds. The Morgan fingerprint density at radius 1 is 1.24 bits per heavy atom. The van der Waals surface area contributed by atoms with Crippen LogP contribution in [0.4, 0.5) is 4.39 Å². The highest BCUT2D eigenvalue weighted by molar-refractivity contribution is 9.10. The lowest BCUT2D eigenvalue weighted by atomic mass is 10.3. The first kappa shape index (κ1) is 12.0. The minimum absolute atomic E-state index is 0.347. The third-order valence-corrected chi connectivity index (χ3v) is 2.93. The van der Waals surface area contributed by atoms with E-state index in [1.54, 1.807) is 6.07 Å². The minimum Gasteiger partial charge on any atom is -0.436 e. The molecule has 0 aliphatic carbocycles. The average Bonchev–Trinajstić information content (AvgIpc) is 2.29. The molecule has 1 aromatic carbocycles. The molecule has 0 aliphatic rings. The maximum atomic E-state index is 13.1. The zero-order valence-electron chi connectivity index (χ0n) is 9.37. The maximum absolute atomic E-state index is 13.1. The van der Waals surface area contributed by atoms with Crippen molar-refractivity contribution in [2.24, 2.45) is 0 Å². The molecule has 17 heavy (non-hydrogen) atoms. The molecule has 1 heterocycles. The van der Waals surface area contributed by atoms with Crippen molar-refractivity contribution in [3.63, 3.8) is 0 Å².